The van der Waals surface area contributed by atoms with E-state index in [0.717, 1.165) is 11.0 Å². The summed E-state index contributed by atoms with van der Waals surface area (Å²) in [5.74, 6) is -0.514. The van der Waals surface area contributed by atoms with Crippen molar-refractivity contribution in [2.45, 2.75) is 39.1 Å². The van der Waals surface area contributed by atoms with Crippen LogP contribution in [0.2, 0.25) is 0 Å². The van der Waals surface area contributed by atoms with Crippen LogP contribution in [0.15, 0.2) is 12.7 Å². The SMILES string of the molecule is C=CC(=O)N(C(C)(C)O)C(C)(C)O. The highest BCUT2D eigenvalue weighted by Gasteiger charge is 2.37. The molecule has 0 radical (unpaired) electrons. The molecule has 1 amide bonds. The minimum absolute atomic E-state index is 0.514. The number of carbonyl (C=O) groups is 1. The molecular formula is C9H17NO3. The maximum Gasteiger partial charge on any atom is 0.250 e. The largest absolute Gasteiger partial charge is 0.371 e. The molecule has 4 heteroatoms. The van der Waals surface area contributed by atoms with Crippen molar-refractivity contribution in [3.8, 4) is 0 Å². The number of nitrogens with zero attached hydrogens (tertiary/aromatic N) is 1. The minimum atomic E-state index is -1.41. The molecule has 0 bridgehead atoms. The molecule has 76 valence electrons. The topological polar surface area (TPSA) is 60.8 Å². The van der Waals surface area contributed by atoms with E-state index < -0.39 is 17.4 Å². The van der Waals surface area contributed by atoms with Gasteiger partial charge < -0.3 is 10.2 Å². The van der Waals surface area contributed by atoms with E-state index in [9.17, 15) is 15.0 Å². The second-order valence-electron chi connectivity index (χ2n) is 3.87. The van der Waals surface area contributed by atoms with Crippen LogP contribution in [-0.2, 0) is 4.79 Å². The summed E-state index contributed by atoms with van der Waals surface area (Å²) in [4.78, 5) is 12.2. The van der Waals surface area contributed by atoms with Crippen molar-refractivity contribution in [2.24, 2.45) is 0 Å². The minimum Gasteiger partial charge on any atom is -0.371 e. The number of amides is 1. The molecule has 0 aromatic carbocycles. The zero-order valence-electron chi connectivity index (χ0n) is 8.53. The van der Waals surface area contributed by atoms with E-state index in [1.165, 1.54) is 27.7 Å². The Morgan fingerprint density at radius 1 is 1.23 bits per heavy atom. The Hall–Kier alpha value is -0.870. The monoisotopic (exact) mass is 187 g/mol. The molecule has 2 N–H and O–H groups in total. The van der Waals surface area contributed by atoms with Crippen molar-refractivity contribution < 1.29 is 15.0 Å². The molecule has 0 fully saturated rings. The lowest BCUT2D eigenvalue weighted by Gasteiger charge is -2.41. The summed E-state index contributed by atoms with van der Waals surface area (Å²) in [6.45, 7) is 8.99. The van der Waals surface area contributed by atoms with Gasteiger partial charge in [-0.1, -0.05) is 6.58 Å². The second kappa shape index (κ2) is 3.47. The Kier molecular flexibility index (Phi) is 3.24. The zero-order valence-corrected chi connectivity index (χ0v) is 8.53. The molecule has 0 aliphatic heterocycles. The zero-order chi connectivity index (χ0) is 10.9. The van der Waals surface area contributed by atoms with Gasteiger partial charge in [0.25, 0.3) is 0 Å². The van der Waals surface area contributed by atoms with Gasteiger partial charge in [0, 0.05) is 0 Å². The normalized spacial score (nSPS) is 12.5. The van der Waals surface area contributed by atoms with Gasteiger partial charge >= 0.3 is 0 Å². The first-order valence-electron chi connectivity index (χ1n) is 4.02. The molecule has 0 saturated carbocycles. The van der Waals surface area contributed by atoms with Crippen molar-refractivity contribution >= 4 is 5.91 Å². The molecular weight excluding hydrogens is 170 g/mol. The van der Waals surface area contributed by atoms with Crippen LogP contribution in [0.5, 0.6) is 0 Å². The summed E-state index contributed by atoms with van der Waals surface area (Å²) in [5.41, 5.74) is -2.83. The first kappa shape index (κ1) is 12.1. The maximum absolute atomic E-state index is 11.3. The van der Waals surface area contributed by atoms with E-state index in [4.69, 9.17) is 0 Å². The van der Waals surface area contributed by atoms with E-state index in [0.29, 0.717) is 0 Å². The predicted molar refractivity (Wildman–Crippen MR) is 49.6 cm³/mol. The Labute approximate surface area is 78.5 Å². The average Bonchev–Trinajstić information content (AvgIpc) is 1.80. The summed E-state index contributed by atoms with van der Waals surface area (Å²) in [5, 5.41) is 19.2. The van der Waals surface area contributed by atoms with Crippen LogP contribution in [0, 0.1) is 0 Å². The predicted octanol–water partition coefficient (Wildman–Crippen LogP) is 0.458. The van der Waals surface area contributed by atoms with E-state index in [1.807, 2.05) is 0 Å². The van der Waals surface area contributed by atoms with Gasteiger partial charge in [-0.05, 0) is 33.8 Å². The lowest BCUT2D eigenvalue weighted by molar-refractivity contribution is -0.201. The summed E-state index contributed by atoms with van der Waals surface area (Å²) in [6, 6.07) is 0. The number of rotatable bonds is 3. The Bertz CT molecular complexity index is 196. The molecule has 0 atom stereocenters. The van der Waals surface area contributed by atoms with E-state index in [2.05, 4.69) is 6.58 Å². The van der Waals surface area contributed by atoms with Gasteiger partial charge in [0.1, 0.15) is 11.4 Å². The highest BCUT2D eigenvalue weighted by atomic mass is 16.4. The third-order valence-corrected chi connectivity index (χ3v) is 1.49. The quantitative estimate of drug-likeness (QED) is 0.498. The van der Waals surface area contributed by atoms with Crippen molar-refractivity contribution in [1.29, 1.82) is 0 Å². The smallest absolute Gasteiger partial charge is 0.250 e. The first-order valence-corrected chi connectivity index (χ1v) is 4.02. The lowest BCUT2D eigenvalue weighted by atomic mass is 10.1. The molecule has 13 heavy (non-hydrogen) atoms. The van der Waals surface area contributed by atoms with Gasteiger partial charge in [0.15, 0.2) is 0 Å². The van der Waals surface area contributed by atoms with Crippen LogP contribution in [-0.4, -0.2) is 32.5 Å². The molecule has 0 spiro atoms. The van der Waals surface area contributed by atoms with Gasteiger partial charge in [-0.25, -0.2) is 0 Å². The summed E-state index contributed by atoms with van der Waals surface area (Å²) < 4.78 is 0. The summed E-state index contributed by atoms with van der Waals surface area (Å²) in [7, 11) is 0. The average molecular weight is 187 g/mol. The van der Waals surface area contributed by atoms with Crippen LogP contribution >= 0.6 is 0 Å². The van der Waals surface area contributed by atoms with E-state index in [1.54, 1.807) is 0 Å². The standard InChI is InChI=1S/C9H17NO3/c1-6-7(11)10(8(2,3)12)9(4,5)13/h6,12-13H,1H2,2-5H3. The first-order chi connectivity index (χ1) is 5.60. The molecule has 0 heterocycles. The molecule has 0 aliphatic carbocycles. The van der Waals surface area contributed by atoms with E-state index in [-0.39, 0.29) is 0 Å². The van der Waals surface area contributed by atoms with Gasteiger partial charge in [-0.2, -0.15) is 0 Å². The van der Waals surface area contributed by atoms with Crippen molar-refractivity contribution in [3.63, 3.8) is 0 Å². The van der Waals surface area contributed by atoms with Crippen molar-refractivity contribution in [3.05, 3.63) is 12.7 Å². The van der Waals surface area contributed by atoms with Crippen LogP contribution < -0.4 is 0 Å². The van der Waals surface area contributed by atoms with Crippen molar-refractivity contribution in [1.82, 2.24) is 4.90 Å². The maximum atomic E-state index is 11.3. The van der Waals surface area contributed by atoms with E-state index >= 15 is 0 Å². The Morgan fingerprint density at radius 3 is 1.62 bits per heavy atom. The Morgan fingerprint density at radius 2 is 1.54 bits per heavy atom. The second-order valence-corrected chi connectivity index (χ2v) is 3.87. The molecule has 0 aliphatic rings. The van der Waals surface area contributed by atoms with Crippen LogP contribution in [0.3, 0.4) is 0 Å². The third kappa shape index (κ3) is 3.16. The van der Waals surface area contributed by atoms with Gasteiger partial charge in [-0.15, -0.1) is 0 Å². The summed E-state index contributed by atoms with van der Waals surface area (Å²) in [6.07, 6.45) is 1.05. The van der Waals surface area contributed by atoms with Gasteiger partial charge in [0.05, 0.1) is 0 Å². The number of hydrogen-bond acceptors (Lipinski definition) is 3. The molecule has 0 aromatic rings. The van der Waals surface area contributed by atoms with Gasteiger partial charge in [-0.3, -0.25) is 9.69 Å². The molecule has 0 rings (SSSR count). The van der Waals surface area contributed by atoms with Crippen LogP contribution in [0.4, 0.5) is 0 Å². The number of aliphatic hydroxyl groups is 2. The van der Waals surface area contributed by atoms with Crippen molar-refractivity contribution in [2.75, 3.05) is 0 Å². The molecule has 4 nitrogen and oxygen atoms in total. The molecule has 0 aromatic heterocycles. The number of hydrogen-bond donors (Lipinski definition) is 2. The highest BCUT2D eigenvalue weighted by molar-refractivity contribution is 5.87. The molecule has 0 saturated heterocycles. The third-order valence-electron chi connectivity index (χ3n) is 1.49. The number of carbonyl (C=O) groups excluding carboxylic acids is 1. The fraction of sp³-hybridized carbons (Fsp3) is 0.667. The fourth-order valence-corrected chi connectivity index (χ4v) is 1.30. The van der Waals surface area contributed by atoms with Gasteiger partial charge in [0.2, 0.25) is 5.91 Å². The highest BCUT2D eigenvalue weighted by Crippen LogP contribution is 2.21. The Balaban J connectivity index is 5.00. The van der Waals surface area contributed by atoms with Crippen LogP contribution in [0.1, 0.15) is 27.7 Å². The van der Waals surface area contributed by atoms with Crippen LogP contribution in [0.25, 0.3) is 0 Å². The lowest BCUT2D eigenvalue weighted by Crippen LogP contribution is -2.57. The summed E-state index contributed by atoms with van der Waals surface area (Å²) >= 11 is 0. The fourth-order valence-electron chi connectivity index (χ4n) is 1.30. The molecule has 0 unspecified atom stereocenters.